The van der Waals surface area contributed by atoms with Crippen LogP contribution in [0.4, 0.5) is 10.1 Å². The van der Waals surface area contributed by atoms with Crippen LogP contribution in [-0.2, 0) is 17.6 Å². The Kier molecular flexibility index (Phi) is 6.09. The van der Waals surface area contributed by atoms with Crippen LogP contribution in [0.5, 0.6) is 5.75 Å². The Morgan fingerprint density at radius 3 is 2.64 bits per heavy atom. The zero-order chi connectivity index (χ0) is 20.1. The Balaban J connectivity index is 1.65. The molecule has 0 atom stereocenters. The number of carbonyl (C=O) groups excluding carboxylic acids is 1. The van der Waals surface area contributed by atoms with Crippen molar-refractivity contribution in [3.05, 3.63) is 76.0 Å². The molecule has 0 bridgehead atoms. The van der Waals surface area contributed by atoms with Gasteiger partial charge in [-0.2, -0.15) is 0 Å². The molecule has 1 aromatic heterocycles. The number of benzene rings is 2. The standard InChI is InChI=1S/C22H23FN2O2S/c1-22(2,3)27-19-12-16(23)9-10-18(19)25-20(26)13-17-14-28-21(24-17)11-15-7-5-4-6-8-15/h4-10,12,14H,11,13H2,1-3H3,(H,25,26). The molecule has 0 unspecified atom stereocenters. The minimum atomic E-state index is -0.505. The smallest absolute Gasteiger partial charge is 0.230 e. The van der Waals surface area contributed by atoms with Crippen molar-refractivity contribution in [3.63, 3.8) is 0 Å². The van der Waals surface area contributed by atoms with E-state index in [9.17, 15) is 9.18 Å². The summed E-state index contributed by atoms with van der Waals surface area (Å²) in [6.45, 7) is 5.60. The van der Waals surface area contributed by atoms with Gasteiger partial charge in [-0.15, -0.1) is 11.3 Å². The zero-order valence-electron chi connectivity index (χ0n) is 16.2. The van der Waals surface area contributed by atoms with Crippen LogP contribution in [0.15, 0.2) is 53.9 Å². The second-order valence-electron chi connectivity index (χ2n) is 7.47. The molecule has 1 amide bonds. The van der Waals surface area contributed by atoms with Gasteiger partial charge >= 0.3 is 0 Å². The molecule has 2 aromatic carbocycles. The van der Waals surface area contributed by atoms with E-state index in [-0.39, 0.29) is 12.3 Å². The number of amides is 1. The Bertz CT molecular complexity index is 949. The summed E-state index contributed by atoms with van der Waals surface area (Å²) < 4.78 is 19.4. The molecule has 3 aromatic rings. The predicted octanol–water partition coefficient (Wildman–Crippen LogP) is 5.23. The normalized spacial score (nSPS) is 11.3. The van der Waals surface area contributed by atoms with E-state index in [1.165, 1.54) is 23.8 Å². The second-order valence-corrected chi connectivity index (χ2v) is 8.42. The molecule has 146 valence electrons. The van der Waals surface area contributed by atoms with Crippen LogP contribution in [0.2, 0.25) is 0 Å². The van der Waals surface area contributed by atoms with Crippen LogP contribution in [0, 0.1) is 5.82 Å². The molecule has 0 aliphatic rings. The largest absolute Gasteiger partial charge is 0.486 e. The van der Waals surface area contributed by atoms with E-state index in [0.29, 0.717) is 17.1 Å². The number of aromatic nitrogens is 1. The number of thiazole rings is 1. The van der Waals surface area contributed by atoms with Crippen molar-refractivity contribution >= 4 is 22.9 Å². The number of nitrogens with zero attached hydrogens (tertiary/aromatic N) is 1. The Labute approximate surface area is 168 Å². The molecular weight excluding hydrogens is 375 g/mol. The first kappa shape index (κ1) is 20.0. The maximum Gasteiger partial charge on any atom is 0.230 e. The maximum absolute atomic E-state index is 13.6. The average Bonchev–Trinajstić information content (AvgIpc) is 3.03. The van der Waals surface area contributed by atoms with Gasteiger partial charge in [0.25, 0.3) is 0 Å². The Hall–Kier alpha value is -2.73. The quantitative estimate of drug-likeness (QED) is 0.618. The molecule has 0 saturated carbocycles. The van der Waals surface area contributed by atoms with Crippen LogP contribution in [-0.4, -0.2) is 16.5 Å². The van der Waals surface area contributed by atoms with E-state index in [0.717, 1.165) is 11.4 Å². The van der Waals surface area contributed by atoms with Crippen molar-refractivity contribution in [1.29, 1.82) is 0 Å². The van der Waals surface area contributed by atoms with Gasteiger partial charge in [-0.1, -0.05) is 30.3 Å². The third-order valence-corrected chi connectivity index (χ3v) is 4.67. The lowest BCUT2D eigenvalue weighted by molar-refractivity contribution is -0.115. The van der Waals surface area contributed by atoms with Crippen molar-refractivity contribution in [2.24, 2.45) is 0 Å². The lowest BCUT2D eigenvalue weighted by Gasteiger charge is -2.23. The predicted molar refractivity (Wildman–Crippen MR) is 110 cm³/mol. The highest BCUT2D eigenvalue weighted by atomic mass is 32.1. The van der Waals surface area contributed by atoms with E-state index in [1.807, 2.05) is 44.4 Å². The minimum absolute atomic E-state index is 0.150. The maximum atomic E-state index is 13.6. The summed E-state index contributed by atoms with van der Waals surface area (Å²) in [4.78, 5) is 17.0. The molecule has 1 heterocycles. The van der Waals surface area contributed by atoms with Crippen LogP contribution in [0.25, 0.3) is 0 Å². The molecule has 3 rings (SSSR count). The fourth-order valence-electron chi connectivity index (χ4n) is 2.65. The molecular formula is C22H23FN2O2S. The third kappa shape index (κ3) is 5.89. The molecule has 0 aliphatic carbocycles. The van der Waals surface area contributed by atoms with Crippen molar-refractivity contribution in [2.75, 3.05) is 5.32 Å². The number of hydrogen-bond donors (Lipinski definition) is 1. The molecule has 4 nitrogen and oxygen atoms in total. The number of halogens is 1. The topological polar surface area (TPSA) is 51.2 Å². The first-order valence-electron chi connectivity index (χ1n) is 9.04. The van der Waals surface area contributed by atoms with Gasteiger partial charge in [-0.25, -0.2) is 9.37 Å². The summed E-state index contributed by atoms with van der Waals surface area (Å²) in [5.74, 6) is -0.326. The SMILES string of the molecule is CC(C)(C)Oc1cc(F)ccc1NC(=O)Cc1csc(Cc2ccccc2)n1. The molecule has 0 aliphatic heterocycles. The number of carbonyl (C=O) groups is 1. The second kappa shape index (κ2) is 8.52. The summed E-state index contributed by atoms with van der Waals surface area (Å²) >= 11 is 1.54. The first-order chi connectivity index (χ1) is 13.3. The Morgan fingerprint density at radius 2 is 1.93 bits per heavy atom. The average molecular weight is 399 g/mol. The van der Waals surface area contributed by atoms with E-state index < -0.39 is 11.4 Å². The number of ether oxygens (including phenoxy) is 1. The fourth-order valence-corrected chi connectivity index (χ4v) is 3.48. The highest BCUT2D eigenvalue weighted by molar-refractivity contribution is 7.09. The van der Waals surface area contributed by atoms with E-state index in [2.05, 4.69) is 22.4 Å². The monoisotopic (exact) mass is 398 g/mol. The fraction of sp³-hybridized carbons (Fsp3) is 0.273. The van der Waals surface area contributed by atoms with E-state index >= 15 is 0 Å². The summed E-state index contributed by atoms with van der Waals surface area (Å²) in [5.41, 5.74) is 1.84. The van der Waals surface area contributed by atoms with Crippen LogP contribution in [0.3, 0.4) is 0 Å². The summed E-state index contributed by atoms with van der Waals surface area (Å²) in [6, 6.07) is 14.2. The summed E-state index contributed by atoms with van der Waals surface area (Å²) in [7, 11) is 0. The highest BCUT2D eigenvalue weighted by Gasteiger charge is 2.17. The van der Waals surface area contributed by atoms with Crippen LogP contribution < -0.4 is 10.1 Å². The van der Waals surface area contributed by atoms with Gasteiger partial charge < -0.3 is 10.1 Å². The van der Waals surface area contributed by atoms with Crippen molar-refractivity contribution < 1.29 is 13.9 Å². The van der Waals surface area contributed by atoms with Gasteiger partial charge in [0.15, 0.2) is 0 Å². The molecule has 28 heavy (non-hydrogen) atoms. The summed E-state index contributed by atoms with van der Waals surface area (Å²) in [6.07, 6.45) is 0.895. The number of rotatable bonds is 6. The molecule has 0 spiro atoms. The van der Waals surface area contributed by atoms with Gasteiger partial charge in [0.1, 0.15) is 17.2 Å². The Morgan fingerprint density at radius 1 is 1.18 bits per heavy atom. The highest BCUT2D eigenvalue weighted by Crippen LogP contribution is 2.29. The molecule has 0 radical (unpaired) electrons. The van der Waals surface area contributed by atoms with Crippen molar-refractivity contribution in [3.8, 4) is 5.75 Å². The van der Waals surface area contributed by atoms with E-state index in [4.69, 9.17) is 4.74 Å². The van der Waals surface area contributed by atoms with Crippen molar-refractivity contribution in [1.82, 2.24) is 4.98 Å². The zero-order valence-corrected chi connectivity index (χ0v) is 17.0. The lowest BCUT2D eigenvalue weighted by Crippen LogP contribution is -2.24. The minimum Gasteiger partial charge on any atom is -0.486 e. The first-order valence-corrected chi connectivity index (χ1v) is 9.92. The van der Waals surface area contributed by atoms with Gasteiger partial charge in [0.05, 0.1) is 22.8 Å². The van der Waals surface area contributed by atoms with Gasteiger partial charge in [0.2, 0.25) is 5.91 Å². The third-order valence-electron chi connectivity index (χ3n) is 3.77. The summed E-state index contributed by atoms with van der Waals surface area (Å²) in [5, 5.41) is 5.67. The van der Waals surface area contributed by atoms with Crippen LogP contribution in [0.1, 0.15) is 37.0 Å². The number of hydrogen-bond acceptors (Lipinski definition) is 4. The van der Waals surface area contributed by atoms with Crippen molar-refractivity contribution in [2.45, 2.75) is 39.2 Å². The number of nitrogens with one attached hydrogen (secondary N) is 1. The lowest BCUT2D eigenvalue weighted by atomic mass is 10.2. The van der Waals surface area contributed by atoms with Gasteiger partial charge in [0, 0.05) is 17.9 Å². The number of anilines is 1. The van der Waals surface area contributed by atoms with E-state index in [1.54, 1.807) is 11.3 Å². The van der Waals surface area contributed by atoms with Gasteiger partial charge in [-0.3, -0.25) is 4.79 Å². The molecule has 0 saturated heterocycles. The van der Waals surface area contributed by atoms with Gasteiger partial charge in [-0.05, 0) is 38.5 Å². The molecule has 1 N–H and O–H groups in total. The van der Waals surface area contributed by atoms with Crippen LogP contribution >= 0.6 is 11.3 Å². The molecule has 6 heteroatoms. The molecule has 0 fully saturated rings.